The Labute approximate surface area is 177 Å². The maximum Gasteiger partial charge on any atom is 0.275 e. The molecule has 1 amide bonds. The lowest BCUT2D eigenvalue weighted by molar-refractivity contribution is -1.02. The molecule has 0 aliphatic carbocycles. The van der Waals surface area contributed by atoms with Crippen molar-refractivity contribution in [3.05, 3.63) is 58.6 Å². The van der Waals surface area contributed by atoms with Crippen LogP contribution in [0.25, 0.3) is 0 Å². The molecule has 0 radical (unpaired) electrons. The van der Waals surface area contributed by atoms with E-state index in [1.54, 1.807) is 14.2 Å². The molecule has 1 saturated heterocycles. The summed E-state index contributed by atoms with van der Waals surface area (Å²) in [6, 6.07) is 13.7. The van der Waals surface area contributed by atoms with Gasteiger partial charge in [0.25, 0.3) is 5.91 Å². The van der Waals surface area contributed by atoms with Crippen LogP contribution in [0, 0.1) is 0 Å². The van der Waals surface area contributed by atoms with Crippen molar-refractivity contribution in [2.24, 2.45) is 0 Å². The van der Waals surface area contributed by atoms with Crippen molar-refractivity contribution in [3.8, 4) is 11.5 Å². The molecule has 7 heteroatoms. The van der Waals surface area contributed by atoms with E-state index in [0.29, 0.717) is 18.1 Å². The fourth-order valence-corrected chi connectivity index (χ4v) is 3.81. The van der Waals surface area contributed by atoms with Crippen LogP contribution in [0.15, 0.2) is 42.5 Å². The van der Waals surface area contributed by atoms with Gasteiger partial charge < -0.3 is 24.6 Å². The van der Waals surface area contributed by atoms with Crippen LogP contribution in [-0.2, 0) is 17.9 Å². The largest absolute Gasteiger partial charge is 0.493 e. The maximum atomic E-state index is 12.3. The number of nitrogens with one attached hydrogen (secondary N) is 3. The van der Waals surface area contributed by atoms with Crippen LogP contribution in [0.1, 0.15) is 11.1 Å². The Morgan fingerprint density at radius 3 is 2.21 bits per heavy atom. The summed E-state index contributed by atoms with van der Waals surface area (Å²) in [6.45, 7) is 6.11. The lowest BCUT2D eigenvalue weighted by atomic mass is 10.1. The van der Waals surface area contributed by atoms with Crippen LogP contribution in [0.5, 0.6) is 11.5 Å². The molecule has 1 heterocycles. The minimum atomic E-state index is 0.0956. The third-order valence-corrected chi connectivity index (χ3v) is 5.63. The first-order valence-electron chi connectivity index (χ1n) is 9.96. The molecule has 2 aromatic carbocycles. The standard InChI is InChI=1S/C22H28ClN3O3/c1-28-20-8-5-18(13-21(20)29-2)15-25-9-11-26(12-10-25)16-22(27)24-14-17-3-6-19(23)7-4-17/h3-8,13H,9-12,14-16H2,1-2H3,(H,24,27)/p+2. The fourth-order valence-electron chi connectivity index (χ4n) is 3.68. The molecule has 1 fully saturated rings. The average Bonchev–Trinajstić information content (AvgIpc) is 2.74. The quantitative estimate of drug-likeness (QED) is 0.562. The summed E-state index contributed by atoms with van der Waals surface area (Å²) < 4.78 is 10.7. The molecule has 0 spiro atoms. The van der Waals surface area contributed by atoms with Crippen molar-refractivity contribution in [2.75, 3.05) is 46.9 Å². The van der Waals surface area contributed by atoms with E-state index >= 15 is 0 Å². The Morgan fingerprint density at radius 2 is 1.55 bits per heavy atom. The monoisotopic (exact) mass is 419 g/mol. The van der Waals surface area contributed by atoms with Gasteiger partial charge >= 0.3 is 0 Å². The lowest BCUT2D eigenvalue weighted by Gasteiger charge is -2.29. The van der Waals surface area contributed by atoms with E-state index < -0.39 is 0 Å². The van der Waals surface area contributed by atoms with E-state index in [1.807, 2.05) is 30.3 Å². The third kappa shape index (κ3) is 6.35. The highest BCUT2D eigenvalue weighted by molar-refractivity contribution is 6.30. The van der Waals surface area contributed by atoms with E-state index in [4.69, 9.17) is 21.1 Å². The zero-order valence-corrected chi connectivity index (χ0v) is 17.8. The van der Waals surface area contributed by atoms with E-state index in [2.05, 4.69) is 17.4 Å². The molecule has 0 saturated carbocycles. The van der Waals surface area contributed by atoms with Gasteiger partial charge in [-0.3, -0.25) is 4.79 Å². The van der Waals surface area contributed by atoms with Crippen LogP contribution in [0.4, 0.5) is 0 Å². The molecule has 0 unspecified atom stereocenters. The van der Waals surface area contributed by atoms with Crippen molar-refractivity contribution < 1.29 is 24.1 Å². The van der Waals surface area contributed by atoms with Crippen molar-refractivity contribution in [1.82, 2.24) is 5.32 Å². The summed E-state index contributed by atoms with van der Waals surface area (Å²) in [7, 11) is 3.31. The number of carbonyl (C=O) groups is 1. The van der Waals surface area contributed by atoms with E-state index in [1.165, 1.54) is 15.4 Å². The van der Waals surface area contributed by atoms with Gasteiger partial charge in [0.05, 0.1) is 14.2 Å². The predicted octanol–water partition coefficient (Wildman–Crippen LogP) is -0.0430. The zero-order chi connectivity index (χ0) is 20.6. The number of halogens is 1. The molecule has 3 N–H and O–H groups in total. The van der Waals surface area contributed by atoms with Crippen LogP contribution in [0.3, 0.4) is 0 Å². The zero-order valence-electron chi connectivity index (χ0n) is 17.1. The van der Waals surface area contributed by atoms with Gasteiger partial charge in [0, 0.05) is 17.1 Å². The van der Waals surface area contributed by atoms with E-state index in [0.717, 1.165) is 49.8 Å². The molecular weight excluding hydrogens is 390 g/mol. The highest BCUT2D eigenvalue weighted by Crippen LogP contribution is 2.27. The van der Waals surface area contributed by atoms with Gasteiger partial charge in [-0.1, -0.05) is 23.7 Å². The number of carbonyl (C=O) groups excluding carboxylic acids is 1. The summed E-state index contributed by atoms with van der Waals surface area (Å²) in [5.74, 6) is 1.62. The normalized spacial score (nSPS) is 18.9. The van der Waals surface area contributed by atoms with Gasteiger partial charge in [-0.2, -0.15) is 0 Å². The lowest BCUT2D eigenvalue weighted by Crippen LogP contribution is -3.28. The van der Waals surface area contributed by atoms with Gasteiger partial charge in [0.15, 0.2) is 18.0 Å². The number of methoxy groups -OCH3 is 2. The van der Waals surface area contributed by atoms with Gasteiger partial charge in [0.2, 0.25) is 0 Å². The number of quaternary nitrogens is 2. The summed E-state index contributed by atoms with van der Waals surface area (Å²) in [5.41, 5.74) is 2.30. The van der Waals surface area contributed by atoms with E-state index in [9.17, 15) is 4.79 Å². The Balaban J connectivity index is 1.41. The van der Waals surface area contributed by atoms with Crippen LogP contribution < -0.4 is 24.6 Å². The average molecular weight is 420 g/mol. The molecule has 1 aliphatic heterocycles. The second-order valence-corrected chi connectivity index (χ2v) is 7.88. The number of hydrogen-bond donors (Lipinski definition) is 3. The highest BCUT2D eigenvalue weighted by atomic mass is 35.5. The van der Waals surface area contributed by atoms with Crippen molar-refractivity contribution in [3.63, 3.8) is 0 Å². The minimum Gasteiger partial charge on any atom is -0.493 e. The second-order valence-electron chi connectivity index (χ2n) is 7.45. The Bertz CT molecular complexity index is 805. The van der Waals surface area contributed by atoms with Crippen LogP contribution in [0.2, 0.25) is 5.02 Å². The minimum absolute atomic E-state index is 0.0956. The Kier molecular flexibility index (Phi) is 7.75. The van der Waals surface area contributed by atoms with Gasteiger partial charge in [-0.25, -0.2) is 0 Å². The number of rotatable bonds is 8. The number of benzene rings is 2. The Morgan fingerprint density at radius 1 is 0.931 bits per heavy atom. The molecule has 0 bridgehead atoms. The van der Waals surface area contributed by atoms with Crippen LogP contribution in [-0.4, -0.2) is 52.9 Å². The molecular formula is C22H30ClN3O3+2. The number of ether oxygens (including phenoxy) is 2. The summed E-state index contributed by atoms with van der Waals surface area (Å²) in [4.78, 5) is 15.1. The smallest absolute Gasteiger partial charge is 0.275 e. The third-order valence-electron chi connectivity index (χ3n) is 5.38. The van der Waals surface area contributed by atoms with Crippen molar-refractivity contribution in [2.45, 2.75) is 13.1 Å². The fraction of sp³-hybridized carbons (Fsp3) is 0.409. The molecule has 0 aromatic heterocycles. The highest BCUT2D eigenvalue weighted by Gasteiger charge is 2.25. The number of amides is 1. The molecule has 1 aliphatic rings. The first kappa shape index (κ1) is 21.4. The number of piperazine rings is 1. The van der Waals surface area contributed by atoms with Gasteiger partial charge in [-0.15, -0.1) is 0 Å². The predicted molar refractivity (Wildman–Crippen MR) is 113 cm³/mol. The summed E-state index contributed by atoms with van der Waals surface area (Å²) in [6.07, 6.45) is 0. The molecule has 6 nitrogen and oxygen atoms in total. The van der Waals surface area contributed by atoms with Crippen molar-refractivity contribution in [1.29, 1.82) is 0 Å². The maximum absolute atomic E-state index is 12.3. The van der Waals surface area contributed by atoms with E-state index in [-0.39, 0.29) is 5.91 Å². The van der Waals surface area contributed by atoms with Crippen LogP contribution >= 0.6 is 11.6 Å². The SMILES string of the molecule is COc1ccc(C[NH+]2CC[NH+](CC(=O)NCc3ccc(Cl)cc3)CC2)cc1OC. The molecule has 29 heavy (non-hydrogen) atoms. The molecule has 3 rings (SSSR count). The Hall–Kier alpha value is -2.28. The molecule has 0 atom stereocenters. The first-order chi connectivity index (χ1) is 14.1. The van der Waals surface area contributed by atoms with Gasteiger partial charge in [0.1, 0.15) is 32.7 Å². The number of hydrogen-bond acceptors (Lipinski definition) is 3. The summed E-state index contributed by atoms with van der Waals surface area (Å²) >= 11 is 5.89. The second kappa shape index (κ2) is 10.5. The first-order valence-corrected chi connectivity index (χ1v) is 10.3. The topological polar surface area (TPSA) is 56.4 Å². The molecule has 156 valence electrons. The molecule has 2 aromatic rings. The summed E-state index contributed by atoms with van der Waals surface area (Å²) in [5, 5.41) is 3.71. The van der Waals surface area contributed by atoms with Gasteiger partial charge in [-0.05, 0) is 35.9 Å². The van der Waals surface area contributed by atoms with Crippen molar-refractivity contribution >= 4 is 17.5 Å².